The van der Waals surface area contributed by atoms with Crippen LogP contribution in [0.2, 0.25) is 0 Å². The van der Waals surface area contributed by atoms with Crippen molar-refractivity contribution in [2.45, 2.75) is 45.8 Å². The molecule has 5 nitrogen and oxygen atoms in total. The first-order valence-corrected chi connectivity index (χ1v) is 7.34. The lowest BCUT2D eigenvalue weighted by Gasteiger charge is -2.47. The molecule has 0 bridgehead atoms. The quantitative estimate of drug-likeness (QED) is 0.912. The summed E-state index contributed by atoms with van der Waals surface area (Å²) in [5.41, 5.74) is 0.435. The van der Waals surface area contributed by atoms with Crippen LogP contribution in [-0.4, -0.2) is 46.2 Å². The number of carbonyl (C=O) groups is 2. The summed E-state index contributed by atoms with van der Waals surface area (Å²) in [5.74, 6) is -1.18. The number of nitrogens with zero attached hydrogens (tertiary/aromatic N) is 1. The van der Waals surface area contributed by atoms with Crippen molar-refractivity contribution < 1.29 is 19.4 Å². The Morgan fingerprint density at radius 1 is 1.05 bits per heavy atom. The number of hydrogen-bond donors (Lipinski definition) is 1. The van der Waals surface area contributed by atoms with Crippen LogP contribution in [-0.2, 0) is 4.74 Å². The third-order valence-electron chi connectivity index (χ3n) is 3.55. The SMILES string of the molecule is Cc1cc(C(=O)O)cc(C(=O)N2CC(C)(C)OC(C)(C)C2)c1. The van der Waals surface area contributed by atoms with E-state index < -0.39 is 17.2 Å². The highest BCUT2D eigenvalue weighted by Crippen LogP contribution is 2.29. The van der Waals surface area contributed by atoms with Crippen LogP contribution in [0.15, 0.2) is 18.2 Å². The Hall–Kier alpha value is -1.88. The lowest BCUT2D eigenvalue weighted by Crippen LogP contribution is -2.58. The van der Waals surface area contributed by atoms with Crippen molar-refractivity contribution in [3.8, 4) is 0 Å². The van der Waals surface area contributed by atoms with E-state index in [2.05, 4.69) is 0 Å². The summed E-state index contributed by atoms with van der Waals surface area (Å²) >= 11 is 0. The van der Waals surface area contributed by atoms with Crippen molar-refractivity contribution in [1.82, 2.24) is 4.90 Å². The lowest BCUT2D eigenvalue weighted by atomic mass is 9.97. The molecule has 0 aromatic heterocycles. The molecule has 0 aliphatic carbocycles. The van der Waals surface area contributed by atoms with Gasteiger partial charge in [-0.2, -0.15) is 0 Å². The molecule has 22 heavy (non-hydrogen) atoms. The van der Waals surface area contributed by atoms with Gasteiger partial charge in [0.25, 0.3) is 5.91 Å². The van der Waals surface area contributed by atoms with E-state index in [1.165, 1.54) is 6.07 Å². The zero-order valence-electron chi connectivity index (χ0n) is 13.8. The summed E-state index contributed by atoms with van der Waals surface area (Å²) in [6.07, 6.45) is 0. The Labute approximate surface area is 130 Å². The normalized spacial score (nSPS) is 19.8. The number of carboxylic acids is 1. The molecule has 1 aromatic carbocycles. The van der Waals surface area contributed by atoms with E-state index in [-0.39, 0.29) is 11.5 Å². The number of rotatable bonds is 2. The minimum absolute atomic E-state index is 0.134. The van der Waals surface area contributed by atoms with Crippen LogP contribution in [0.4, 0.5) is 0 Å². The number of morpholine rings is 1. The fourth-order valence-electron chi connectivity index (χ4n) is 3.14. The minimum atomic E-state index is -1.03. The summed E-state index contributed by atoms with van der Waals surface area (Å²) in [4.78, 5) is 25.7. The van der Waals surface area contributed by atoms with Gasteiger partial charge in [-0.25, -0.2) is 4.79 Å². The standard InChI is InChI=1S/C17H23NO4/c1-11-6-12(8-13(7-11)15(20)21)14(19)18-9-16(2,3)22-17(4,5)10-18/h6-8H,9-10H2,1-5H3,(H,20,21). The van der Waals surface area contributed by atoms with E-state index in [1.54, 1.807) is 24.0 Å². The molecule has 0 spiro atoms. The predicted octanol–water partition coefficient (Wildman–Crippen LogP) is 2.72. The van der Waals surface area contributed by atoms with Crippen LogP contribution in [0.1, 0.15) is 54.0 Å². The summed E-state index contributed by atoms with van der Waals surface area (Å²) in [6, 6.07) is 4.73. The predicted molar refractivity (Wildman–Crippen MR) is 83.3 cm³/mol. The highest BCUT2D eigenvalue weighted by Gasteiger charge is 2.40. The Kier molecular flexibility index (Phi) is 4.04. The van der Waals surface area contributed by atoms with Gasteiger partial charge in [-0.05, 0) is 58.4 Å². The van der Waals surface area contributed by atoms with Crippen LogP contribution in [0.3, 0.4) is 0 Å². The molecular weight excluding hydrogens is 282 g/mol. The maximum atomic E-state index is 12.8. The first-order valence-electron chi connectivity index (χ1n) is 7.34. The number of hydrogen-bond acceptors (Lipinski definition) is 3. The molecule has 1 aliphatic rings. The Morgan fingerprint density at radius 3 is 2.05 bits per heavy atom. The fraction of sp³-hybridized carbons (Fsp3) is 0.529. The molecule has 0 atom stereocenters. The smallest absolute Gasteiger partial charge is 0.335 e. The van der Waals surface area contributed by atoms with E-state index in [1.807, 2.05) is 27.7 Å². The molecular formula is C17H23NO4. The van der Waals surface area contributed by atoms with Gasteiger partial charge in [0.1, 0.15) is 0 Å². The highest BCUT2D eigenvalue weighted by molar-refractivity contribution is 5.98. The van der Waals surface area contributed by atoms with Crippen molar-refractivity contribution in [3.05, 3.63) is 34.9 Å². The molecule has 1 amide bonds. The van der Waals surface area contributed by atoms with Crippen LogP contribution in [0, 0.1) is 6.92 Å². The second-order valence-electron chi connectivity index (χ2n) is 7.18. The Bertz CT molecular complexity index is 603. The first-order chi connectivity index (χ1) is 9.99. The Balaban J connectivity index is 2.33. The van der Waals surface area contributed by atoms with Crippen molar-refractivity contribution >= 4 is 11.9 Å². The van der Waals surface area contributed by atoms with E-state index in [0.29, 0.717) is 18.7 Å². The van der Waals surface area contributed by atoms with Gasteiger partial charge in [0.15, 0.2) is 0 Å². The van der Waals surface area contributed by atoms with E-state index in [4.69, 9.17) is 9.84 Å². The van der Waals surface area contributed by atoms with Crippen LogP contribution in [0.5, 0.6) is 0 Å². The molecule has 1 heterocycles. The van der Waals surface area contributed by atoms with E-state index in [9.17, 15) is 9.59 Å². The maximum absolute atomic E-state index is 12.8. The summed E-state index contributed by atoms with van der Waals surface area (Å²) < 4.78 is 5.98. The fourth-order valence-corrected chi connectivity index (χ4v) is 3.14. The van der Waals surface area contributed by atoms with Gasteiger partial charge in [0.05, 0.1) is 16.8 Å². The second kappa shape index (κ2) is 5.39. The van der Waals surface area contributed by atoms with Crippen molar-refractivity contribution in [3.63, 3.8) is 0 Å². The van der Waals surface area contributed by atoms with Crippen molar-refractivity contribution in [2.24, 2.45) is 0 Å². The number of benzene rings is 1. The molecule has 1 fully saturated rings. The third-order valence-corrected chi connectivity index (χ3v) is 3.55. The molecule has 1 N–H and O–H groups in total. The molecule has 120 valence electrons. The first kappa shape index (κ1) is 16.5. The van der Waals surface area contributed by atoms with Gasteiger partial charge in [-0.15, -0.1) is 0 Å². The summed E-state index contributed by atoms with van der Waals surface area (Å²) in [6.45, 7) is 10.5. The number of ether oxygens (including phenoxy) is 1. The average molecular weight is 305 g/mol. The topological polar surface area (TPSA) is 66.8 Å². The average Bonchev–Trinajstić information content (AvgIpc) is 2.33. The van der Waals surface area contributed by atoms with Gasteiger partial charge in [-0.1, -0.05) is 0 Å². The van der Waals surface area contributed by atoms with Gasteiger partial charge in [0, 0.05) is 18.7 Å². The second-order valence-corrected chi connectivity index (χ2v) is 7.18. The van der Waals surface area contributed by atoms with Crippen LogP contribution in [0.25, 0.3) is 0 Å². The number of aromatic carboxylic acids is 1. The number of carboxylic acid groups (broad SMARTS) is 1. The highest BCUT2D eigenvalue weighted by atomic mass is 16.5. The maximum Gasteiger partial charge on any atom is 0.335 e. The summed E-state index contributed by atoms with van der Waals surface area (Å²) in [5, 5.41) is 9.15. The zero-order chi connectivity index (χ0) is 16.7. The third kappa shape index (κ3) is 3.65. The van der Waals surface area contributed by atoms with Crippen LogP contribution >= 0.6 is 0 Å². The van der Waals surface area contributed by atoms with Crippen LogP contribution < -0.4 is 0 Å². The van der Waals surface area contributed by atoms with Crippen molar-refractivity contribution in [1.29, 1.82) is 0 Å². The van der Waals surface area contributed by atoms with Gasteiger partial charge >= 0.3 is 5.97 Å². The van der Waals surface area contributed by atoms with Crippen molar-refractivity contribution in [2.75, 3.05) is 13.1 Å². The minimum Gasteiger partial charge on any atom is -0.478 e. The molecule has 1 aliphatic heterocycles. The number of amides is 1. The largest absolute Gasteiger partial charge is 0.478 e. The molecule has 1 saturated heterocycles. The molecule has 5 heteroatoms. The molecule has 0 saturated carbocycles. The van der Waals surface area contributed by atoms with E-state index in [0.717, 1.165) is 5.56 Å². The van der Waals surface area contributed by atoms with E-state index >= 15 is 0 Å². The van der Waals surface area contributed by atoms with Gasteiger partial charge in [-0.3, -0.25) is 4.79 Å². The lowest BCUT2D eigenvalue weighted by molar-refractivity contribution is -0.171. The summed E-state index contributed by atoms with van der Waals surface area (Å²) in [7, 11) is 0. The molecule has 0 unspecified atom stereocenters. The molecule has 2 rings (SSSR count). The molecule has 0 radical (unpaired) electrons. The monoisotopic (exact) mass is 305 g/mol. The number of carbonyl (C=O) groups excluding carboxylic acids is 1. The molecule has 1 aromatic rings. The van der Waals surface area contributed by atoms with Gasteiger partial charge < -0.3 is 14.7 Å². The van der Waals surface area contributed by atoms with Gasteiger partial charge in [0.2, 0.25) is 0 Å². The number of aryl methyl sites for hydroxylation is 1. The zero-order valence-corrected chi connectivity index (χ0v) is 13.8. The Morgan fingerprint density at radius 2 is 1.55 bits per heavy atom.